The molecule has 8 nitrogen and oxygen atoms in total. The molecule has 0 aliphatic heterocycles. The normalized spacial score (nSPS) is 11.2. The molecule has 0 bridgehead atoms. The largest absolute Gasteiger partial charge is 0.438 e. The fourth-order valence-corrected chi connectivity index (χ4v) is 3.27. The third-order valence-electron chi connectivity index (χ3n) is 4.09. The Kier molecular flexibility index (Phi) is 5.90. The molecule has 0 aliphatic rings. The van der Waals surface area contributed by atoms with Gasteiger partial charge in [0.05, 0.1) is 10.0 Å². The summed E-state index contributed by atoms with van der Waals surface area (Å²) in [6.45, 7) is 3.83. The maximum atomic E-state index is 12.1. The van der Waals surface area contributed by atoms with E-state index in [9.17, 15) is 9.59 Å². The molecule has 1 aromatic carbocycles. The van der Waals surface area contributed by atoms with E-state index >= 15 is 0 Å². The van der Waals surface area contributed by atoms with Crippen LogP contribution in [0.3, 0.4) is 0 Å². The van der Waals surface area contributed by atoms with Crippen molar-refractivity contribution >= 4 is 23.2 Å². The zero-order chi connectivity index (χ0) is 20.4. The molecule has 0 amide bonds. The van der Waals surface area contributed by atoms with Crippen LogP contribution >= 0.6 is 23.2 Å². The van der Waals surface area contributed by atoms with Gasteiger partial charge in [0.2, 0.25) is 5.88 Å². The van der Waals surface area contributed by atoms with Gasteiger partial charge in [-0.2, -0.15) is 0 Å². The van der Waals surface area contributed by atoms with Gasteiger partial charge in [-0.15, -0.1) is 5.10 Å². The van der Waals surface area contributed by atoms with Gasteiger partial charge < -0.3 is 4.74 Å². The Morgan fingerprint density at radius 2 is 1.86 bits per heavy atom. The third-order valence-corrected chi connectivity index (χ3v) is 4.65. The van der Waals surface area contributed by atoms with Crippen LogP contribution in [-0.4, -0.2) is 19.9 Å². The predicted octanol–water partition coefficient (Wildman–Crippen LogP) is 3.46. The highest BCUT2D eigenvalue weighted by Gasteiger charge is 2.15. The summed E-state index contributed by atoms with van der Waals surface area (Å²) in [6, 6.07) is 5.02. The van der Waals surface area contributed by atoms with E-state index in [0.717, 1.165) is 5.56 Å². The van der Waals surface area contributed by atoms with Gasteiger partial charge >= 0.3 is 5.76 Å². The average molecular weight is 425 g/mol. The zero-order valence-electron chi connectivity index (χ0n) is 15.5. The molecule has 2 heterocycles. The highest BCUT2D eigenvalue weighted by atomic mass is 35.5. The van der Waals surface area contributed by atoms with E-state index < -0.39 is 5.76 Å². The van der Waals surface area contributed by atoms with Crippen LogP contribution in [0.1, 0.15) is 36.7 Å². The molecule has 0 radical (unpaired) electrons. The van der Waals surface area contributed by atoms with Crippen LogP contribution in [0.25, 0.3) is 0 Å². The summed E-state index contributed by atoms with van der Waals surface area (Å²) in [5.74, 6) is 0.333. The van der Waals surface area contributed by atoms with Gasteiger partial charge in [-0.05, 0) is 30.0 Å². The Labute approximate surface area is 170 Å². The van der Waals surface area contributed by atoms with Crippen molar-refractivity contribution in [1.82, 2.24) is 19.9 Å². The summed E-state index contributed by atoms with van der Waals surface area (Å²) in [6.07, 6.45) is 0.997. The lowest BCUT2D eigenvalue weighted by Gasteiger charge is -2.13. The molecule has 3 aromatic rings. The molecule has 0 unspecified atom stereocenters. The summed E-state index contributed by atoms with van der Waals surface area (Å²) < 4.78 is 11.5. The van der Waals surface area contributed by atoms with Crippen molar-refractivity contribution in [3.63, 3.8) is 0 Å². The Hall–Kier alpha value is -2.58. The van der Waals surface area contributed by atoms with Gasteiger partial charge in [0.15, 0.2) is 11.6 Å². The van der Waals surface area contributed by atoms with Crippen molar-refractivity contribution in [2.24, 2.45) is 7.05 Å². The fraction of sp³-hybridized carbons (Fsp3) is 0.333. The number of rotatable bonds is 6. The van der Waals surface area contributed by atoms with Gasteiger partial charge in [0.1, 0.15) is 0 Å². The number of hydrogen-bond acceptors (Lipinski definition) is 6. The Morgan fingerprint density at radius 1 is 1.18 bits per heavy atom. The summed E-state index contributed by atoms with van der Waals surface area (Å²) in [4.78, 5) is 25.6. The second kappa shape index (κ2) is 8.20. The molecule has 2 aromatic heterocycles. The molecule has 10 heteroatoms. The molecule has 28 heavy (non-hydrogen) atoms. The summed E-state index contributed by atoms with van der Waals surface area (Å²) in [5.41, 5.74) is 1.24. The number of aromatic amines is 1. The molecule has 0 saturated heterocycles. The first-order valence-corrected chi connectivity index (χ1v) is 9.29. The first kappa shape index (κ1) is 20.2. The monoisotopic (exact) mass is 424 g/mol. The first-order valence-electron chi connectivity index (χ1n) is 8.53. The first-order chi connectivity index (χ1) is 13.2. The van der Waals surface area contributed by atoms with Gasteiger partial charge in [-0.1, -0.05) is 42.2 Å². The molecule has 3 rings (SSSR count). The molecule has 0 spiro atoms. The molecular formula is C18H18Cl2N4O4. The van der Waals surface area contributed by atoms with Crippen LogP contribution in [0, 0.1) is 0 Å². The average Bonchev–Trinajstić information content (AvgIpc) is 3.04. The van der Waals surface area contributed by atoms with Crippen molar-refractivity contribution in [1.29, 1.82) is 0 Å². The number of halogens is 2. The molecular weight excluding hydrogens is 407 g/mol. The van der Waals surface area contributed by atoms with Crippen LogP contribution in [0.4, 0.5) is 0 Å². The van der Waals surface area contributed by atoms with E-state index in [2.05, 4.69) is 19.8 Å². The van der Waals surface area contributed by atoms with Gasteiger partial charge in [0.25, 0.3) is 5.56 Å². The molecule has 0 saturated carbocycles. The number of aromatic nitrogens is 4. The van der Waals surface area contributed by atoms with E-state index in [0.29, 0.717) is 34.3 Å². The van der Waals surface area contributed by atoms with Crippen molar-refractivity contribution in [2.75, 3.05) is 0 Å². The Morgan fingerprint density at radius 3 is 2.43 bits per heavy atom. The maximum absolute atomic E-state index is 12.1. The lowest BCUT2D eigenvalue weighted by atomic mass is 10.1. The van der Waals surface area contributed by atoms with Crippen LogP contribution in [0.2, 0.25) is 10.0 Å². The lowest BCUT2D eigenvalue weighted by Crippen LogP contribution is -2.24. The minimum atomic E-state index is -0.597. The highest BCUT2D eigenvalue weighted by Crippen LogP contribution is 2.37. The molecule has 1 N–H and O–H groups in total. The van der Waals surface area contributed by atoms with Gasteiger partial charge in [-0.25, -0.2) is 9.48 Å². The number of aryl methyl sites for hydroxylation is 3. The van der Waals surface area contributed by atoms with Gasteiger partial charge in [0, 0.05) is 25.1 Å². The van der Waals surface area contributed by atoms with Crippen LogP contribution in [0.5, 0.6) is 11.6 Å². The molecule has 0 fully saturated rings. The molecule has 148 valence electrons. The maximum Gasteiger partial charge on any atom is 0.438 e. The third kappa shape index (κ3) is 4.45. The molecule has 0 atom stereocenters. The lowest BCUT2D eigenvalue weighted by molar-refractivity contribution is 0.381. The topological polar surface area (TPSA) is 103 Å². The van der Waals surface area contributed by atoms with Crippen molar-refractivity contribution in [3.8, 4) is 11.6 Å². The molecule has 0 aliphatic carbocycles. The second-order valence-corrected chi connectivity index (χ2v) is 7.37. The van der Waals surface area contributed by atoms with E-state index in [4.69, 9.17) is 27.9 Å². The Balaban J connectivity index is 1.83. The minimum absolute atomic E-state index is 0.0142. The fourth-order valence-electron chi connectivity index (χ4n) is 2.66. The SMILES string of the molecule is CC(C)c1cc(Oc2c(Cl)cc(CCc3noc(=O)[nH]3)cc2Cl)nn(C)c1=O. The smallest absolute Gasteiger partial charge is 0.434 e. The summed E-state index contributed by atoms with van der Waals surface area (Å²) in [7, 11) is 1.56. The van der Waals surface area contributed by atoms with Crippen molar-refractivity contribution < 1.29 is 9.26 Å². The van der Waals surface area contributed by atoms with E-state index in [-0.39, 0.29) is 23.1 Å². The van der Waals surface area contributed by atoms with Crippen molar-refractivity contribution in [2.45, 2.75) is 32.6 Å². The number of ether oxygens (including phenoxy) is 1. The predicted molar refractivity (Wildman–Crippen MR) is 105 cm³/mol. The highest BCUT2D eigenvalue weighted by molar-refractivity contribution is 6.37. The number of nitrogens with zero attached hydrogens (tertiary/aromatic N) is 3. The second-order valence-electron chi connectivity index (χ2n) is 6.55. The standard InChI is InChI=1S/C18H18Cl2N4O4/c1-9(2)11-8-15(22-24(3)17(11)25)27-16-12(19)6-10(7-13(16)20)4-5-14-21-18(26)28-23-14/h6-9H,4-5H2,1-3H3,(H,21,23,26). The zero-order valence-corrected chi connectivity index (χ0v) is 17.0. The van der Waals surface area contributed by atoms with E-state index in [1.807, 2.05) is 13.8 Å². The summed E-state index contributed by atoms with van der Waals surface area (Å²) in [5, 5.41) is 8.33. The van der Waals surface area contributed by atoms with E-state index in [1.165, 1.54) is 4.68 Å². The van der Waals surface area contributed by atoms with Crippen molar-refractivity contribution in [3.05, 3.63) is 66.1 Å². The van der Waals surface area contributed by atoms with Crippen LogP contribution in [0.15, 0.2) is 32.3 Å². The van der Waals surface area contributed by atoms with Crippen LogP contribution < -0.4 is 16.1 Å². The quantitative estimate of drug-likeness (QED) is 0.649. The Bertz CT molecular complexity index is 1090. The number of H-pyrrole nitrogens is 1. The summed E-state index contributed by atoms with van der Waals surface area (Å²) >= 11 is 12.7. The van der Waals surface area contributed by atoms with E-state index in [1.54, 1.807) is 25.2 Å². The number of hydrogen-bond donors (Lipinski definition) is 1. The number of benzene rings is 1. The van der Waals surface area contributed by atoms with Gasteiger partial charge in [-0.3, -0.25) is 14.3 Å². The number of nitrogens with one attached hydrogen (secondary N) is 1. The van der Waals surface area contributed by atoms with Crippen LogP contribution in [-0.2, 0) is 19.9 Å². The minimum Gasteiger partial charge on any atom is -0.434 e.